The lowest BCUT2D eigenvalue weighted by atomic mass is 10.2. The smallest absolute Gasteiger partial charge is 0.303 e. The van der Waals surface area contributed by atoms with E-state index >= 15 is 0 Å². The van der Waals surface area contributed by atoms with Crippen molar-refractivity contribution in [2.24, 2.45) is 0 Å². The Morgan fingerprint density at radius 3 is 2.41 bits per heavy atom. The van der Waals surface area contributed by atoms with Crippen molar-refractivity contribution in [2.75, 3.05) is 12.4 Å². The van der Waals surface area contributed by atoms with Gasteiger partial charge in [0, 0.05) is 18.5 Å². The maximum atomic E-state index is 11.9. The number of hydrogen-bond donors (Lipinski definition) is 3. The number of amides is 1. The molecule has 0 aliphatic rings. The van der Waals surface area contributed by atoms with E-state index in [9.17, 15) is 18.0 Å². The normalized spacial score (nSPS) is 11.2. The van der Waals surface area contributed by atoms with E-state index in [4.69, 9.17) is 5.11 Å². The summed E-state index contributed by atoms with van der Waals surface area (Å²) in [4.78, 5) is 22.2. The van der Waals surface area contributed by atoms with Crippen LogP contribution in [0.2, 0.25) is 0 Å². The molecule has 0 spiro atoms. The molecule has 0 fully saturated rings. The number of hydrogen-bond acceptors (Lipinski definition) is 4. The lowest BCUT2D eigenvalue weighted by Gasteiger charge is -2.10. The highest BCUT2D eigenvalue weighted by Gasteiger charge is 2.15. The van der Waals surface area contributed by atoms with E-state index in [1.165, 1.54) is 13.1 Å². The van der Waals surface area contributed by atoms with Crippen molar-refractivity contribution in [3.05, 3.63) is 23.8 Å². The molecule has 3 N–H and O–H groups in total. The predicted molar refractivity (Wildman–Crippen MR) is 82.2 cm³/mol. The van der Waals surface area contributed by atoms with Crippen molar-refractivity contribution >= 4 is 27.6 Å². The summed E-state index contributed by atoms with van der Waals surface area (Å²) in [5, 5.41) is 11.1. The zero-order valence-corrected chi connectivity index (χ0v) is 13.4. The average Bonchev–Trinajstić information content (AvgIpc) is 2.45. The summed E-state index contributed by atoms with van der Waals surface area (Å²) in [7, 11) is -2.26. The van der Waals surface area contributed by atoms with Crippen LogP contribution in [0.3, 0.4) is 0 Å². The van der Waals surface area contributed by atoms with E-state index in [2.05, 4.69) is 10.0 Å². The maximum absolute atomic E-state index is 11.9. The molecule has 0 unspecified atom stereocenters. The summed E-state index contributed by atoms with van der Waals surface area (Å²) in [5.74, 6) is -1.16. The quantitative estimate of drug-likeness (QED) is 0.626. The fourth-order valence-corrected chi connectivity index (χ4v) is 2.86. The Bertz CT molecular complexity index is 655. The number of anilines is 1. The zero-order valence-electron chi connectivity index (χ0n) is 12.5. The third-order valence-electron chi connectivity index (χ3n) is 3.07. The number of aliphatic carboxylic acids is 1. The first-order chi connectivity index (χ1) is 10.3. The van der Waals surface area contributed by atoms with Crippen LogP contribution in [0, 0.1) is 6.92 Å². The first kappa shape index (κ1) is 18.1. The Kier molecular flexibility index (Phi) is 6.51. The van der Waals surface area contributed by atoms with Crippen molar-refractivity contribution in [1.82, 2.24) is 4.72 Å². The molecule has 8 heteroatoms. The van der Waals surface area contributed by atoms with Gasteiger partial charge in [-0.3, -0.25) is 9.59 Å². The number of benzene rings is 1. The molecule has 0 saturated carbocycles. The van der Waals surface area contributed by atoms with Gasteiger partial charge >= 0.3 is 5.97 Å². The third-order valence-corrected chi connectivity index (χ3v) is 4.63. The minimum atomic E-state index is -3.58. The van der Waals surface area contributed by atoms with E-state index in [0.29, 0.717) is 24.1 Å². The molecule has 122 valence electrons. The summed E-state index contributed by atoms with van der Waals surface area (Å²) in [6.45, 7) is 1.67. The van der Waals surface area contributed by atoms with E-state index in [-0.39, 0.29) is 23.6 Å². The maximum Gasteiger partial charge on any atom is 0.303 e. The van der Waals surface area contributed by atoms with Gasteiger partial charge in [-0.05, 0) is 44.5 Å². The molecule has 1 rings (SSSR count). The molecule has 0 aliphatic heterocycles. The number of rotatable bonds is 8. The zero-order chi connectivity index (χ0) is 16.8. The van der Waals surface area contributed by atoms with Gasteiger partial charge in [-0.15, -0.1) is 0 Å². The van der Waals surface area contributed by atoms with E-state index in [0.717, 1.165) is 0 Å². The van der Waals surface area contributed by atoms with Crippen LogP contribution in [0.25, 0.3) is 0 Å². The van der Waals surface area contributed by atoms with Crippen LogP contribution in [-0.2, 0) is 19.6 Å². The number of carboxylic acid groups (broad SMARTS) is 1. The van der Waals surface area contributed by atoms with Gasteiger partial charge in [0.25, 0.3) is 0 Å². The molecule has 0 saturated heterocycles. The largest absolute Gasteiger partial charge is 0.481 e. The minimum absolute atomic E-state index is 0.0301. The average molecular weight is 328 g/mol. The van der Waals surface area contributed by atoms with Gasteiger partial charge < -0.3 is 10.4 Å². The second-order valence-corrected chi connectivity index (χ2v) is 6.69. The molecule has 0 bridgehead atoms. The van der Waals surface area contributed by atoms with Crippen molar-refractivity contribution in [3.8, 4) is 0 Å². The summed E-state index contributed by atoms with van der Waals surface area (Å²) in [6, 6.07) is 4.64. The molecule has 1 amide bonds. The van der Waals surface area contributed by atoms with Gasteiger partial charge in [0.05, 0.1) is 4.90 Å². The number of nitrogens with one attached hydrogen (secondary N) is 2. The Morgan fingerprint density at radius 1 is 1.18 bits per heavy atom. The molecule has 1 aromatic carbocycles. The van der Waals surface area contributed by atoms with Crippen LogP contribution in [-0.4, -0.2) is 32.4 Å². The molecule has 0 radical (unpaired) electrons. The molecule has 22 heavy (non-hydrogen) atoms. The fraction of sp³-hybridized carbons (Fsp3) is 0.429. The monoisotopic (exact) mass is 328 g/mol. The number of sulfonamides is 1. The highest BCUT2D eigenvalue weighted by Crippen LogP contribution is 2.20. The number of carbonyl (C=O) groups excluding carboxylic acids is 1. The summed E-state index contributed by atoms with van der Waals surface area (Å²) in [5.41, 5.74) is 0.969. The highest BCUT2D eigenvalue weighted by molar-refractivity contribution is 7.89. The van der Waals surface area contributed by atoms with Gasteiger partial charge in [-0.2, -0.15) is 0 Å². The second kappa shape index (κ2) is 7.90. The molecule has 0 heterocycles. The summed E-state index contributed by atoms with van der Waals surface area (Å²) in [6.07, 6.45) is 1.11. The van der Waals surface area contributed by atoms with Crippen LogP contribution in [0.5, 0.6) is 0 Å². The van der Waals surface area contributed by atoms with Gasteiger partial charge in [0.1, 0.15) is 0 Å². The standard InChI is InChI=1S/C14H20N2O5S/c1-10-7-8-11(9-12(10)22(20,21)15-2)16-13(17)5-3-4-6-14(18)19/h7-9,15H,3-6H2,1-2H3,(H,16,17)(H,18,19). The van der Waals surface area contributed by atoms with Crippen LogP contribution >= 0.6 is 0 Å². The van der Waals surface area contributed by atoms with Gasteiger partial charge in [-0.25, -0.2) is 13.1 Å². The van der Waals surface area contributed by atoms with E-state index in [1.807, 2.05) is 0 Å². The molecular formula is C14H20N2O5S. The van der Waals surface area contributed by atoms with Crippen molar-refractivity contribution in [2.45, 2.75) is 37.5 Å². The topological polar surface area (TPSA) is 113 Å². The lowest BCUT2D eigenvalue weighted by molar-refractivity contribution is -0.137. The number of carboxylic acids is 1. The predicted octanol–water partition coefficient (Wildman–Crippen LogP) is 1.49. The van der Waals surface area contributed by atoms with Gasteiger partial charge in [-0.1, -0.05) is 6.07 Å². The van der Waals surface area contributed by atoms with Crippen LogP contribution < -0.4 is 10.0 Å². The molecule has 7 nitrogen and oxygen atoms in total. The van der Waals surface area contributed by atoms with E-state index in [1.54, 1.807) is 19.1 Å². The van der Waals surface area contributed by atoms with Gasteiger partial charge in [0.15, 0.2) is 0 Å². The molecular weight excluding hydrogens is 308 g/mol. The third kappa shape index (κ3) is 5.45. The fourth-order valence-electron chi connectivity index (χ4n) is 1.86. The van der Waals surface area contributed by atoms with Crippen LogP contribution in [0.15, 0.2) is 23.1 Å². The first-order valence-electron chi connectivity index (χ1n) is 6.82. The second-order valence-electron chi connectivity index (χ2n) is 4.84. The van der Waals surface area contributed by atoms with E-state index < -0.39 is 16.0 Å². The van der Waals surface area contributed by atoms with Crippen molar-refractivity contribution < 1.29 is 23.1 Å². The van der Waals surface area contributed by atoms with Crippen molar-refractivity contribution in [1.29, 1.82) is 0 Å². The summed E-state index contributed by atoms with van der Waals surface area (Å²) < 4.78 is 25.9. The van der Waals surface area contributed by atoms with Crippen LogP contribution in [0.1, 0.15) is 31.2 Å². The number of aryl methyl sites for hydroxylation is 1. The molecule has 0 atom stereocenters. The van der Waals surface area contributed by atoms with Gasteiger partial charge in [0.2, 0.25) is 15.9 Å². The minimum Gasteiger partial charge on any atom is -0.481 e. The molecule has 0 aliphatic carbocycles. The lowest BCUT2D eigenvalue weighted by Crippen LogP contribution is -2.20. The van der Waals surface area contributed by atoms with Crippen LogP contribution in [0.4, 0.5) is 5.69 Å². The highest BCUT2D eigenvalue weighted by atomic mass is 32.2. The Morgan fingerprint density at radius 2 is 1.82 bits per heavy atom. The Labute approximate surface area is 129 Å². The van der Waals surface area contributed by atoms with Crippen molar-refractivity contribution in [3.63, 3.8) is 0 Å². The SMILES string of the molecule is CNS(=O)(=O)c1cc(NC(=O)CCCCC(=O)O)ccc1C. The number of unbranched alkanes of at least 4 members (excludes halogenated alkanes) is 1. The Hall–Kier alpha value is -1.93. The summed E-state index contributed by atoms with van der Waals surface area (Å²) >= 11 is 0. The first-order valence-corrected chi connectivity index (χ1v) is 8.30. The Balaban J connectivity index is 2.69. The molecule has 0 aromatic heterocycles. The number of carbonyl (C=O) groups is 2. The molecule has 1 aromatic rings.